The van der Waals surface area contributed by atoms with Gasteiger partial charge in [0.25, 0.3) is 5.91 Å². The number of halogens is 1. The molecule has 1 N–H and O–H groups in total. The Labute approximate surface area is 167 Å². The Kier molecular flexibility index (Phi) is 5.00. The molecule has 1 saturated heterocycles. The molecule has 0 bridgehead atoms. The summed E-state index contributed by atoms with van der Waals surface area (Å²) in [6.07, 6.45) is 0.771. The number of fused-ring (bicyclic) bond motifs is 1. The first-order valence-electron chi connectivity index (χ1n) is 9.40. The first kappa shape index (κ1) is 19.0. The van der Waals surface area contributed by atoms with E-state index in [4.69, 9.17) is 14.2 Å². The SMILES string of the molecule is CC1(c2ccc3c(c2)OCCCO3)NC(=O)N(CCOc2ccccc2F)C1=O. The second kappa shape index (κ2) is 7.62. The summed E-state index contributed by atoms with van der Waals surface area (Å²) in [6.45, 7) is 2.71. The van der Waals surface area contributed by atoms with E-state index >= 15 is 0 Å². The fourth-order valence-corrected chi connectivity index (χ4v) is 3.38. The van der Waals surface area contributed by atoms with Gasteiger partial charge in [0.1, 0.15) is 12.1 Å². The Morgan fingerprint density at radius 1 is 1.14 bits per heavy atom. The van der Waals surface area contributed by atoms with Gasteiger partial charge in [-0.3, -0.25) is 9.69 Å². The number of urea groups is 1. The van der Waals surface area contributed by atoms with Crippen LogP contribution in [0.5, 0.6) is 17.2 Å². The maximum Gasteiger partial charge on any atom is 0.325 e. The molecular formula is C21H21FN2O5. The molecule has 2 aromatic carbocycles. The van der Waals surface area contributed by atoms with Gasteiger partial charge < -0.3 is 19.5 Å². The molecule has 2 aliphatic heterocycles. The second-order valence-corrected chi connectivity index (χ2v) is 7.00. The Balaban J connectivity index is 1.48. The first-order valence-corrected chi connectivity index (χ1v) is 9.40. The maximum atomic E-state index is 13.6. The molecule has 7 nitrogen and oxygen atoms in total. The van der Waals surface area contributed by atoms with Crippen molar-refractivity contribution in [3.8, 4) is 17.2 Å². The summed E-state index contributed by atoms with van der Waals surface area (Å²) in [5, 5.41) is 2.74. The number of para-hydroxylation sites is 1. The highest BCUT2D eigenvalue weighted by atomic mass is 19.1. The van der Waals surface area contributed by atoms with Crippen molar-refractivity contribution < 1.29 is 28.2 Å². The summed E-state index contributed by atoms with van der Waals surface area (Å²) in [7, 11) is 0. The van der Waals surface area contributed by atoms with Crippen molar-refractivity contribution in [3.63, 3.8) is 0 Å². The number of nitrogens with zero attached hydrogens (tertiary/aromatic N) is 1. The van der Waals surface area contributed by atoms with Crippen molar-refractivity contribution in [1.29, 1.82) is 0 Å². The lowest BCUT2D eigenvalue weighted by Gasteiger charge is -2.23. The van der Waals surface area contributed by atoms with Crippen molar-refractivity contribution in [2.45, 2.75) is 18.9 Å². The Morgan fingerprint density at radius 2 is 1.90 bits per heavy atom. The van der Waals surface area contributed by atoms with Crippen LogP contribution in [0.2, 0.25) is 0 Å². The van der Waals surface area contributed by atoms with Crippen LogP contribution in [0, 0.1) is 5.82 Å². The minimum atomic E-state index is -1.24. The number of carbonyl (C=O) groups is 2. The van der Waals surface area contributed by atoms with Gasteiger partial charge in [-0.05, 0) is 36.8 Å². The van der Waals surface area contributed by atoms with Gasteiger partial charge in [-0.25, -0.2) is 9.18 Å². The van der Waals surface area contributed by atoms with E-state index in [1.165, 1.54) is 12.1 Å². The number of ether oxygens (including phenoxy) is 3. The average molecular weight is 400 g/mol. The summed E-state index contributed by atoms with van der Waals surface area (Å²) in [4.78, 5) is 26.5. The number of hydrogen-bond donors (Lipinski definition) is 1. The van der Waals surface area contributed by atoms with Crippen LogP contribution in [-0.2, 0) is 10.3 Å². The summed E-state index contributed by atoms with van der Waals surface area (Å²) < 4.78 is 30.3. The van der Waals surface area contributed by atoms with Crippen molar-refractivity contribution in [2.24, 2.45) is 0 Å². The minimum absolute atomic E-state index is 0.000850. The Morgan fingerprint density at radius 3 is 2.69 bits per heavy atom. The molecule has 2 aliphatic rings. The van der Waals surface area contributed by atoms with Crippen LogP contribution in [0.4, 0.5) is 9.18 Å². The van der Waals surface area contributed by atoms with E-state index in [1.807, 2.05) is 0 Å². The molecule has 0 spiro atoms. The Hall–Kier alpha value is -3.29. The molecule has 1 atom stereocenters. The van der Waals surface area contributed by atoms with Gasteiger partial charge in [-0.1, -0.05) is 18.2 Å². The summed E-state index contributed by atoms with van der Waals surface area (Å²) in [6, 6.07) is 10.6. The van der Waals surface area contributed by atoms with Crippen LogP contribution in [-0.4, -0.2) is 43.2 Å². The highest BCUT2D eigenvalue weighted by molar-refractivity contribution is 6.07. The third kappa shape index (κ3) is 3.57. The lowest BCUT2D eigenvalue weighted by Crippen LogP contribution is -2.41. The number of nitrogens with one attached hydrogen (secondary N) is 1. The summed E-state index contributed by atoms with van der Waals surface area (Å²) in [5.41, 5.74) is -0.641. The lowest BCUT2D eigenvalue weighted by atomic mass is 9.91. The smallest absolute Gasteiger partial charge is 0.325 e. The minimum Gasteiger partial charge on any atom is -0.490 e. The molecule has 8 heteroatoms. The molecule has 152 valence electrons. The fraction of sp³-hybridized carbons (Fsp3) is 0.333. The molecule has 1 unspecified atom stereocenters. The summed E-state index contributed by atoms with van der Waals surface area (Å²) in [5.74, 6) is 0.326. The molecule has 4 rings (SSSR count). The number of benzene rings is 2. The third-order valence-corrected chi connectivity index (χ3v) is 5.01. The molecule has 29 heavy (non-hydrogen) atoms. The van der Waals surface area contributed by atoms with Gasteiger partial charge in [-0.15, -0.1) is 0 Å². The number of amides is 3. The van der Waals surface area contributed by atoms with Crippen LogP contribution in [0.1, 0.15) is 18.9 Å². The van der Waals surface area contributed by atoms with Crippen molar-refractivity contribution >= 4 is 11.9 Å². The van der Waals surface area contributed by atoms with E-state index in [0.717, 1.165) is 11.3 Å². The molecule has 2 aromatic rings. The van der Waals surface area contributed by atoms with Gasteiger partial charge in [0, 0.05) is 6.42 Å². The van der Waals surface area contributed by atoms with Gasteiger partial charge >= 0.3 is 6.03 Å². The van der Waals surface area contributed by atoms with E-state index in [2.05, 4.69) is 5.32 Å². The molecule has 3 amide bonds. The van der Waals surface area contributed by atoms with Crippen molar-refractivity contribution in [2.75, 3.05) is 26.4 Å². The fourth-order valence-electron chi connectivity index (χ4n) is 3.38. The highest BCUT2D eigenvalue weighted by Gasteiger charge is 2.49. The predicted molar refractivity (Wildman–Crippen MR) is 102 cm³/mol. The van der Waals surface area contributed by atoms with Gasteiger partial charge in [0.15, 0.2) is 23.1 Å². The van der Waals surface area contributed by atoms with Crippen LogP contribution in [0.25, 0.3) is 0 Å². The molecule has 0 aliphatic carbocycles. The van der Waals surface area contributed by atoms with E-state index < -0.39 is 23.3 Å². The highest BCUT2D eigenvalue weighted by Crippen LogP contribution is 2.36. The number of hydrogen-bond acceptors (Lipinski definition) is 5. The van der Waals surface area contributed by atoms with Gasteiger partial charge in [0.2, 0.25) is 0 Å². The number of carbonyl (C=O) groups excluding carboxylic acids is 2. The van der Waals surface area contributed by atoms with E-state index in [0.29, 0.717) is 30.3 Å². The zero-order chi connectivity index (χ0) is 20.4. The van der Waals surface area contributed by atoms with Crippen LogP contribution >= 0.6 is 0 Å². The van der Waals surface area contributed by atoms with Gasteiger partial charge in [0.05, 0.1) is 19.8 Å². The van der Waals surface area contributed by atoms with Crippen LogP contribution < -0.4 is 19.5 Å². The summed E-state index contributed by atoms with van der Waals surface area (Å²) >= 11 is 0. The average Bonchev–Trinajstić information content (AvgIpc) is 2.87. The Bertz CT molecular complexity index is 950. The topological polar surface area (TPSA) is 77.1 Å². The molecule has 0 saturated carbocycles. The van der Waals surface area contributed by atoms with Crippen LogP contribution in [0.15, 0.2) is 42.5 Å². The molecule has 1 fully saturated rings. The molecule has 2 heterocycles. The zero-order valence-corrected chi connectivity index (χ0v) is 15.9. The third-order valence-electron chi connectivity index (χ3n) is 5.01. The van der Waals surface area contributed by atoms with Gasteiger partial charge in [-0.2, -0.15) is 0 Å². The predicted octanol–water partition coefficient (Wildman–Crippen LogP) is 2.83. The normalized spacial score (nSPS) is 21.0. The largest absolute Gasteiger partial charge is 0.490 e. The molecule has 0 radical (unpaired) electrons. The maximum absolute atomic E-state index is 13.6. The monoisotopic (exact) mass is 400 g/mol. The number of imide groups is 1. The lowest BCUT2D eigenvalue weighted by molar-refractivity contribution is -0.131. The molecule has 0 aromatic heterocycles. The second-order valence-electron chi connectivity index (χ2n) is 7.00. The molecular weight excluding hydrogens is 379 g/mol. The van der Waals surface area contributed by atoms with E-state index in [-0.39, 0.29) is 18.9 Å². The van der Waals surface area contributed by atoms with E-state index in [1.54, 1.807) is 37.3 Å². The van der Waals surface area contributed by atoms with Crippen molar-refractivity contribution in [1.82, 2.24) is 10.2 Å². The van der Waals surface area contributed by atoms with Crippen molar-refractivity contribution in [3.05, 3.63) is 53.8 Å². The quantitative estimate of drug-likeness (QED) is 0.781. The zero-order valence-electron chi connectivity index (χ0n) is 15.9. The first-order chi connectivity index (χ1) is 14.0. The van der Waals surface area contributed by atoms with Crippen LogP contribution in [0.3, 0.4) is 0 Å². The number of rotatable bonds is 5. The van der Waals surface area contributed by atoms with E-state index in [9.17, 15) is 14.0 Å². The standard InChI is InChI=1S/C21H21FN2O5/c1-21(14-7-8-17-18(13-14)28-11-4-10-27-17)19(25)24(20(26)23-21)9-12-29-16-6-3-2-5-15(16)22/h2-3,5-8,13H,4,9-12H2,1H3,(H,23,26).